The van der Waals surface area contributed by atoms with E-state index in [-0.39, 0.29) is 24.4 Å². The molecule has 0 atom stereocenters. The Labute approximate surface area is 172 Å². The summed E-state index contributed by atoms with van der Waals surface area (Å²) >= 11 is 1.47. The molecule has 2 heterocycles. The van der Waals surface area contributed by atoms with Gasteiger partial charge in [-0.2, -0.15) is 0 Å². The molecule has 0 aliphatic heterocycles. The SMILES string of the molecule is Cc1sc2nc(CCC(=O)NCc3ccccc3NS(C)(=O)=O)[nH]c(=O)c2c1C. The number of para-hydroxylation sites is 1. The van der Waals surface area contributed by atoms with Gasteiger partial charge in [-0.15, -0.1) is 11.3 Å². The third kappa shape index (κ3) is 5.21. The number of nitrogens with zero attached hydrogens (tertiary/aromatic N) is 1. The molecule has 29 heavy (non-hydrogen) atoms. The smallest absolute Gasteiger partial charge is 0.259 e. The van der Waals surface area contributed by atoms with E-state index in [2.05, 4.69) is 20.0 Å². The van der Waals surface area contributed by atoms with Crippen molar-refractivity contribution in [2.75, 3.05) is 11.0 Å². The standard InChI is InChI=1S/C19H22N4O4S2/c1-11-12(2)28-19-17(11)18(25)21-15(22-19)8-9-16(24)20-10-13-6-4-5-7-14(13)23-29(3,26)27/h4-7,23H,8-10H2,1-3H3,(H,20,24)(H,21,22,25). The van der Waals surface area contributed by atoms with E-state index >= 15 is 0 Å². The van der Waals surface area contributed by atoms with Crippen LogP contribution in [0.4, 0.5) is 5.69 Å². The van der Waals surface area contributed by atoms with Crippen LogP contribution in [0.3, 0.4) is 0 Å². The van der Waals surface area contributed by atoms with Crippen LogP contribution < -0.4 is 15.6 Å². The number of aryl methyl sites for hydroxylation is 3. The molecule has 3 N–H and O–H groups in total. The summed E-state index contributed by atoms with van der Waals surface area (Å²) < 4.78 is 25.4. The monoisotopic (exact) mass is 434 g/mol. The average molecular weight is 435 g/mol. The molecule has 0 aliphatic rings. The topological polar surface area (TPSA) is 121 Å². The molecule has 1 aromatic carbocycles. The summed E-state index contributed by atoms with van der Waals surface area (Å²) in [5.41, 5.74) is 1.83. The van der Waals surface area contributed by atoms with Crippen LogP contribution in [0.15, 0.2) is 29.1 Å². The fourth-order valence-electron chi connectivity index (χ4n) is 2.91. The van der Waals surface area contributed by atoms with Crippen molar-refractivity contribution in [3.8, 4) is 0 Å². The van der Waals surface area contributed by atoms with Crippen molar-refractivity contribution in [3.05, 3.63) is 56.4 Å². The molecule has 0 aliphatic carbocycles. The normalized spacial score (nSPS) is 11.6. The predicted octanol–water partition coefficient (Wildman–Crippen LogP) is 2.22. The molecule has 1 amide bonds. The first-order chi connectivity index (χ1) is 13.6. The van der Waals surface area contributed by atoms with Crippen LogP contribution >= 0.6 is 11.3 Å². The largest absolute Gasteiger partial charge is 0.352 e. The quantitative estimate of drug-likeness (QED) is 0.526. The van der Waals surface area contributed by atoms with Crippen molar-refractivity contribution in [3.63, 3.8) is 0 Å². The number of fused-ring (bicyclic) bond motifs is 1. The average Bonchev–Trinajstić information content (AvgIpc) is 2.92. The minimum Gasteiger partial charge on any atom is -0.352 e. The van der Waals surface area contributed by atoms with Crippen LogP contribution in [0.1, 0.15) is 28.2 Å². The number of H-pyrrole nitrogens is 1. The number of sulfonamides is 1. The van der Waals surface area contributed by atoms with E-state index in [0.717, 1.165) is 16.7 Å². The van der Waals surface area contributed by atoms with Crippen molar-refractivity contribution < 1.29 is 13.2 Å². The maximum atomic E-state index is 12.3. The van der Waals surface area contributed by atoms with Gasteiger partial charge in [0.05, 0.1) is 17.3 Å². The Morgan fingerprint density at radius 2 is 1.97 bits per heavy atom. The Morgan fingerprint density at radius 3 is 2.69 bits per heavy atom. The Hall–Kier alpha value is -2.72. The minimum absolute atomic E-state index is 0.152. The van der Waals surface area contributed by atoms with Gasteiger partial charge in [0, 0.05) is 24.3 Å². The van der Waals surface area contributed by atoms with Crippen molar-refractivity contribution in [2.45, 2.75) is 33.2 Å². The number of carbonyl (C=O) groups is 1. The highest BCUT2D eigenvalue weighted by molar-refractivity contribution is 7.92. The summed E-state index contributed by atoms with van der Waals surface area (Å²) in [5, 5.41) is 3.38. The van der Waals surface area contributed by atoms with E-state index in [1.165, 1.54) is 11.3 Å². The van der Waals surface area contributed by atoms with Crippen LogP contribution in [0, 0.1) is 13.8 Å². The van der Waals surface area contributed by atoms with Gasteiger partial charge < -0.3 is 10.3 Å². The number of aromatic nitrogens is 2. The van der Waals surface area contributed by atoms with Crippen molar-refractivity contribution in [1.82, 2.24) is 15.3 Å². The molecule has 0 fully saturated rings. The summed E-state index contributed by atoms with van der Waals surface area (Å²) in [6, 6.07) is 6.86. The Bertz CT molecular complexity index is 1230. The number of anilines is 1. The summed E-state index contributed by atoms with van der Waals surface area (Å²) in [6.45, 7) is 4.03. The molecule has 3 rings (SSSR count). The molecule has 8 nitrogen and oxygen atoms in total. The zero-order valence-electron chi connectivity index (χ0n) is 16.3. The van der Waals surface area contributed by atoms with Gasteiger partial charge in [0.25, 0.3) is 5.56 Å². The highest BCUT2D eigenvalue weighted by Crippen LogP contribution is 2.25. The van der Waals surface area contributed by atoms with E-state index in [1.54, 1.807) is 24.3 Å². The van der Waals surface area contributed by atoms with E-state index in [4.69, 9.17) is 0 Å². The van der Waals surface area contributed by atoms with Gasteiger partial charge in [0.2, 0.25) is 15.9 Å². The van der Waals surface area contributed by atoms with Gasteiger partial charge in [-0.3, -0.25) is 14.3 Å². The van der Waals surface area contributed by atoms with Crippen molar-refractivity contribution in [1.29, 1.82) is 0 Å². The van der Waals surface area contributed by atoms with Gasteiger partial charge in [-0.1, -0.05) is 18.2 Å². The molecule has 0 saturated carbocycles. The Kier molecular flexibility index (Phi) is 6.04. The zero-order valence-corrected chi connectivity index (χ0v) is 18.0. The molecule has 2 aromatic heterocycles. The zero-order chi connectivity index (χ0) is 21.2. The van der Waals surface area contributed by atoms with Gasteiger partial charge in [-0.05, 0) is 31.0 Å². The molecule has 154 valence electrons. The molecule has 0 radical (unpaired) electrons. The highest BCUT2D eigenvalue weighted by atomic mass is 32.2. The fourth-order valence-corrected chi connectivity index (χ4v) is 4.55. The maximum Gasteiger partial charge on any atom is 0.259 e. The number of hydrogen-bond acceptors (Lipinski definition) is 6. The summed E-state index contributed by atoms with van der Waals surface area (Å²) in [5.74, 6) is 0.249. The van der Waals surface area contributed by atoms with Crippen LogP contribution in [0.25, 0.3) is 10.2 Å². The van der Waals surface area contributed by atoms with E-state index in [1.807, 2.05) is 13.8 Å². The second-order valence-corrected chi connectivity index (χ2v) is 9.74. The number of aromatic amines is 1. The fraction of sp³-hybridized carbons (Fsp3) is 0.316. The number of nitrogens with one attached hydrogen (secondary N) is 3. The summed E-state index contributed by atoms with van der Waals surface area (Å²) in [4.78, 5) is 33.5. The predicted molar refractivity (Wildman–Crippen MR) is 115 cm³/mol. The molecule has 3 aromatic rings. The summed E-state index contributed by atoms with van der Waals surface area (Å²) in [6.07, 6.45) is 1.53. The third-order valence-electron chi connectivity index (χ3n) is 4.47. The van der Waals surface area contributed by atoms with Gasteiger partial charge in [0.1, 0.15) is 10.7 Å². The molecule has 10 heteroatoms. The second kappa shape index (κ2) is 8.34. The molecular weight excluding hydrogens is 412 g/mol. The van der Waals surface area contributed by atoms with Crippen molar-refractivity contribution >= 4 is 43.2 Å². The number of rotatable bonds is 7. The number of hydrogen-bond donors (Lipinski definition) is 3. The third-order valence-corrected chi connectivity index (χ3v) is 6.16. The second-order valence-electron chi connectivity index (χ2n) is 6.78. The lowest BCUT2D eigenvalue weighted by Crippen LogP contribution is -2.24. The first kappa shape index (κ1) is 21.0. The number of carbonyl (C=O) groups excluding carboxylic acids is 1. The first-order valence-corrected chi connectivity index (χ1v) is 11.7. The van der Waals surface area contributed by atoms with Gasteiger partial charge >= 0.3 is 0 Å². The van der Waals surface area contributed by atoms with Gasteiger partial charge in [-0.25, -0.2) is 13.4 Å². The van der Waals surface area contributed by atoms with E-state index in [9.17, 15) is 18.0 Å². The lowest BCUT2D eigenvalue weighted by atomic mass is 10.2. The number of thiophene rings is 1. The van der Waals surface area contributed by atoms with Crippen LogP contribution in [-0.2, 0) is 27.8 Å². The lowest BCUT2D eigenvalue weighted by Gasteiger charge is -2.11. The molecule has 0 saturated heterocycles. The Balaban J connectivity index is 1.63. The number of amides is 1. The molecule has 0 unspecified atom stereocenters. The molecule has 0 spiro atoms. The minimum atomic E-state index is -3.41. The van der Waals surface area contributed by atoms with Crippen molar-refractivity contribution in [2.24, 2.45) is 0 Å². The van der Waals surface area contributed by atoms with Crippen LogP contribution in [-0.4, -0.2) is 30.5 Å². The van der Waals surface area contributed by atoms with Gasteiger partial charge in [0.15, 0.2) is 0 Å². The number of benzene rings is 1. The first-order valence-electron chi connectivity index (χ1n) is 8.95. The lowest BCUT2D eigenvalue weighted by molar-refractivity contribution is -0.121. The molecular formula is C19H22N4O4S2. The summed E-state index contributed by atoms with van der Waals surface area (Å²) in [7, 11) is -3.41. The van der Waals surface area contributed by atoms with E-state index in [0.29, 0.717) is 33.7 Å². The Morgan fingerprint density at radius 1 is 1.24 bits per heavy atom. The van der Waals surface area contributed by atoms with Crippen LogP contribution in [0.2, 0.25) is 0 Å². The molecule has 0 bridgehead atoms. The maximum absolute atomic E-state index is 12.3. The van der Waals surface area contributed by atoms with E-state index < -0.39 is 10.0 Å². The van der Waals surface area contributed by atoms with Crippen LogP contribution in [0.5, 0.6) is 0 Å². The highest BCUT2D eigenvalue weighted by Gasteiger charge is 2.13.